The van der Waals surface area contributed by atoms with Gasteiger partial charge in [-0.2, -0.15) is 0 Å². The second-order valence-electron chi connectivity index (χ2n) is 26.1. The molecular formula is C66H96N8O14. The van der Waals surface area contributed by atoms with Crippen LogP contribution in [0.2, 0.25) is 0 Å². The summed E-state index contributed by atoms with van der Waals surface area (Å²) in [5.74, 6) is -1.86. The number of esters is 3. The number of hydrogen-bond acceptors (Lipinski definition) is 18. The smallest absolute Gasteiger partial charge is 0.410 e. The summed E-state index contributed by atoms with van der Waals surface area (Å²) in [5.41, 5.74) is -0.608. The van der Waals surface area contributed by atoms with Crippen molar-refractivity contribution in [1.82, 2.24) is 40.1 Å². The highest BCUT2D eigenvalue weighted by Gasteiger charge is 2.34. The first kappa shape index (κ1) is 71.4. The van der Waals surface area contributed by atoms with Gasteiger partial charge in [0.25, 0.3) is 0 Å². The van der Waals surface area contributed by atoms with Crippen molar-refractivity contribution in [2.45, 2.75) is 144 Å². The van der Waals surface area contributed by atoms with Gasteiger partial charge >= 0.3 is 30.0 Å². The van der Waals surface area contributed by atoms with Gasteiger partial charge in [-0.25, -0.2) is 9.59 Å². The van der Waals surface area contributed by atoms with E-state index in [2.05, 4.69) is 15.6 Å². The lowest BCUT2D eigenvalue weighted by atomic mass is 10.0. The summed E-state index contributed by atoms with van der Waals surface area (Å²) >= 11 is 0. The number of benzene rings is 3. The number of amides is 3. The zero-order valence-electron chi connectivity index (χ0n) is 53.9. The number of nitrogens with zero attached hydrogens (tertiary/aromatic N) is 6. The second-order valence-corrected chi connectivity index (χ2v) is 26.1. The minimum absolute atomic E-state index is 0.00371. The van der Waals surface area contributed by atoms with Gasteiger partial charge in [0.1, 0.15) is 46.6 Å². The van der Waals surface area contributed by atoms with E-state index in [9.17, 15) is 38.7 Å². The predicted octanol–water partition coefficient (Wildman–Crippen LogP) is 7.39. The van der Waals surface area contributed by atoms with Crippen LogP contribution < -0.4 is 20.1 Å². The van der Waals surface area contributed by atoms with Crippen LogP contribution in [0.25, 0.3) is 10.9 Å². The lowest BCUT2D eigenvalue weighted by molar-refractivity contribution is -0.158. The van der Waals surface area contributed by atoms with Crippen molar-refractivity contribution in [3.05, 3.63) is 102 Å². The quantitative estimate of drug-likeness (QED) is 0.0315. The van der Waals surface area contributed by atoms with Gasteiger partial charge in [0.2, 0.25) is 11.8 Å². The molecule has 3 amide bonds. The van der Waals surface area contributed by atoms with E-state index in [1.165, 1.54) is 17.2 Å². The van der Waals surface area contributed by atoms with E-state index in [4.69, 9.17) is 28.4 Å². The topological polar surface area (TPSA) is 248 Å². The first-order chi connectivity index (χ1) is 41.4. The first-order valence-corrected chi connectivity index (χ1v) is 30.5. The van der Waals surface area contributed by atoms with Crippen LogP contribution in [0.5, 0.6) is 11.5 Å². The van der Waals surface area contributed by atoms with Crippen LogP contribution in [0.3, 0.4) is 0 Å². The Balaban J connectivity index is 1.26. The molecule has 5 rings (SSSR count). The molecular weight excluding hydrogens is 1130 g/mol. The molecule has 0 aliphatic carbocycles. The maximum Gasteiger partial charge on any atom is 0.410 e. The number of fused-ring (bicyclic) bond motifs is 1. The number of nitrogens with one attached hydrogen (secondary N) is 2. The molecule has 0 spiro atoms. The highest BCUT2D eigenvalue weighted by Crippen LogP contribution is 2.24. The molecule has 484 valence electrons. The van der Waals surface area contributed by atoms with Crippen molar-refractivity contribution in [1.29, 1.82) is 0 Å². The summed E-state index contributed by atoms with van der Waals surface area (Å²) in [4.78, 5) is 108. The molecule has 0 saturated carbocycles. The van der Waals surface area contributed by atoms with E-state index in [1.54, 1.807) is 39.0 Å². The molecule has 1 aliphatic heterocycles. The summed E-state index contributed by atoms with van der Waals surface area (Å²) in [6.45, 7) is 25.9. The minimum atomic E-state index is -1.09. The molecule has 3 aromatic carbocycles. The summed E-state index contributed by atoms with van der Waals surface area (Å²) < 4.78 is 35.1. The molecule has 88 heavy (non-hydrogen) atoms. The monoisotopic (exact) mass is 1220 g/mol. The van der Waals surface area contributed by atoms with E-state index < -0.39 is 58.4 Å². The number of carboxylic acid groups (broad SMARTS) is 1. The predicted molar refractivity (Wildman–Crippen MR) is 335 cm³/mol. The number of carbonyl (C=O) groups is 7. The Morgan fingerprint density at radius 3 is 1.51 bits per heavy atom. The van der Waals surface area contributed by atoms with E-state index in [-0.39, 0.29) is 76.2 Å². The van der Waals surface area contributed by atoms with E-state index >= 15 is 0 Å². The maximum atomic E-state index is 14.5. The van der Waals surface area contributed by atoms with Gasteiger partial charge in [0.15, 0.2) is 0 Å². The standard InChI is InChI=1S/C66H96N8O14/c1-63(2,3)85-57(76)44-71-34-32-70(33-35-72(45-58(77)86-64(4,5)6)37-39-73(38-36-71)46-59(78)87-65(7,8)9)43-56(75)68-28-16-17-29-69-60(79)55(41-48-21-23-50(24-22-48)84-47-49-19-14-13-15-20-49)74(62(82)88-66(10,11)12)31-18-40-83-51-25-26-54-53(42-51)52(61(80)81)27-30-67-54/h13-15,19-27,30,42,55H,16-18,28-29,31-41,43-47H2,1-12H3,(H,68,75)(H,69,79)(H,80,81)/t55-/m1/s1. The Morgan fingerprint density at radius 2 is 1.02 bits per heavy atom. The Kier molecular flexibility index (Phi) is 27.4. The Labute approximate surface area is 519 Å². The molecule has 1 aromatic heterocycles. The van der Waals surface area contributed by atoms with E-state index in [0.717, 1.165) is 11.1 Å². The summed E-state index contributed by atoms with van der Waals surface area (Å²) in [5, 5.41) is 16.3. The third kappa shape index (κ3) is 27.7. The van der Waals surface area contributed by atoms with Gasteiger partial charge in [-0.15, -0.1) is 0 Å². The number of unbranched alkanes of at least 4 members (excludes halogenated alkanes) is 1. The van der Waals surface area contributed by atoms with Gasteiger partial charge in [-0.3, -0.25) is 53.5 Å². The van der Waals surface area contributed by atoms with Crippen LogP contribution in [0.1, 0.15) is 124 Å². The van der Waals surface area contributed by atoms with Gasteiger partial charge < -0.3 is 44.2 Å². The number of carbonyl (C=O) groups excluding carboxylic acids is 6. The largest absolute Gasteiger partial charge is 0.494 e. The number of hydrogen-bond donors (Lipinski definition) is 3. The zero-order chi connectivity index (χ0) is 64.7. The Bertz CT molecular complexity index is 2850. The maximum absolute atomic E-state index is 14.5. The van der Waals surface area contributed by atoms with Crippen LogP contribution >= 0.6 is 0 Å². The summed E-state index contributed by atoms with van der Waals surface area (Å²) in [7, 11) is 0. The van der Waals surface area contributed by atoms with Crippen LogP contribution in [-0.4, -0.2) is 210 Å². The van der Waals surface area contributed by atoms with Gasteiger partial charge in [0, 0.05) is 90.0 Å². The van der Waals surface area contributed by atoms with Gasteiger partial charge in [-0.05, 0) is 150 Å². The number of pyridine rings is 1. The molecule has 1 aliphatic rings. The number of aromatic nitrogens is 1. The molecule has 1 fully saturated rings. The van der Waals surface area contributed by atoms with Crippen molar-refractivity contribution in [2.24, 2.45) is 0 Å². The molecule has 2 heterocycles. The average Bonchev–Trinajstić information content (AvgIpc) is 1.92. The van der Waals surface area contributed by atoms with Crippen LogP contribution in [0, 0.1) is 0 Å². The number of rotatable bonds is 26. The fourth-order valence-corrected chi connectivity index (χ4v) is 9.50. The molecule has 0 unspecified atom stereocenters. The molecule has 0 radical (unpaired) electrons. The number of aromatic carboxylic acids is 1. The Hall–Kier alpha value is -7.40. The van der Waals surface area contributed by atoms with Crippen LogP contribution in [0.15, 0.2) is 85.1 Å². The lowest BCUT2D eigenvalue weighted by Gasteiger charge is -2.34. The van der Waals surface area contributed by atoms with Crippen LogP contribution in [-0.2, 0) is 55.9 Å². The average molecular weight is 1230 g/mol. The van der Waals surface area contributed by atoms with Crippen molar-refractivity contribution in [3.63, 3.8) is 0 Å². The fraction of sp³-hybridized carbons (Fsp3) is 0.576. The van der Waals surface area contributed by atoms with Gasteiger partial charge in [0.05, 0.1) is 43.9 Å². The highest BCUT2D eigenvalue weighted by atomic mass is 16.6. The first-order valence-electron chi connectivity index (χ1n) is 30.5. The highest BCUT2D eigenvalue weighted by molar-refractivity contribution is 6.02. The molecule has 1 atom stereocenters. The van der Waals surface area contributed by atoms with Crippen molar-refractivity contribution in [2.75, 3.05) is 105 Å². The minimum Gasteiger partial charge on any atom is -0.494 e. The third-order valence-electron chi connectivity index (χ3n) is 13.5. The molecule has 3 N–H and O–H groups in total. The summed E-state index contributed by atoms with van der Waals surface area (Å²) in [6.07, 6.45) is 2.18. The SMILES string of the molecule is CC(C)(C)OC(=O)CN1CCN(CC(=O)NCCCCNC(=O)[C@@H](Cc2ccc(OCc3ccccc3)cc2)N(CCCOc2ccc3nccc(C(=O)O)c3c2)C(=O)OC(C)(C)C)CCN(CC(=O)OC(C)(C)C)CCN(CC(=O)OC(C)(C)C)CC1. The molecule has 4 aromatic rings. The normalized spacial score (nSPS) is 15.0. The van der Waals surface area contributed by atoms with Crippen LogP contribution in [0.4, 0.5) is 4.79 Å². The third-order valence-corrected chi connectivity index (χ3v) is 13.5. The zero-order valence-corrected chi connectivity index (χ0v) is 53.9. The van der Waals surface area contributed by atoms with Gasteiger partial charge in [-0.1, -0.05) is 42.5 Å². The molecule has 1 saturated heterocycles. The second kappa shape index (κ2) is 33.8. The summed E-state index contributed by atoms with van der Waals surface area (Å²) in [6, 6.07) is 22.6. The molecule has 22 heteroatoms. The molecule has 22 nitrogen and oxygen atoms in total. The number of carboxylic acids is 1. The molecule has 0 bridgehead atoms. The van der Waals surface area contributed by atoms with E-state index in [1.807, 2.05) is 137 Å². The van der Waals surface area contributed by atoms with E-state index in [0.29, 0.717) is 101 Å². The van der Waals surface area contributed by atoms with Crippen molar-refractivity contribution < 1.29 is 67.1 Å². The fourth-order valence-electron chi connectivity index (χ4n) is 9.50. The Morgan fingerprint density at radius 1 is 0.545 bits per heavy atom. The van der Waals surface area contributed by atoms with Crippen molar-refractivity contribution in [3.8, 4) is 11.5 Å². The lowest BCUT2D eigenvalue weighted by Crippen LogP contribution is -2.52. The van der Waals surface area contributed by atoms with Crippen molar-refractivity contribution >= 4 is 52.7 Å². The number of ether oxygens (including phenoxy) is 6.